The van der Waals surface area contributed by atoms with Crippen LogP contribution in [0.2, 0.25) is 0 Å². The lowest BCUT2D eigenvalue weighted by atomic mass is 10.3. The first-order valence-corrected chi connectivity index (χ1v) is 6.74. The molecule has 0 unspecified atom stereocenters. The van der Waals surface area contributed by atoms with Gasteiger partial charge in [0.05, 0.1) is 12.4 Å². The highest BCUT2D eigenvalue weighted by atomic mass is 79.9. The highest BCUT2D eigenvalue weighted by molar-refractivity contribution is 9.10. The van der Waals surface area contributed by atoms with Crippen LogP contribution in [-0.4, -0.2) is 52.9 Å². The standard InChI is InChI=1S/C11H14BrN5O2/c12-8-6-15-9(7-14-8)16-10(18)11(19)17-4-1-2-13-3-5-17/h6-7,13H,1-5H2,(H,15,16,18). The zero-order valence-corrected chi connectivity index (χ0v) is 11.8. The second-order valence-corrected chi connectivity index (χ2v) is 4.89. The molecule has 8 heteroatoms. The van der Waals surface area contributed by atoms with Crippen molar-refractivity contribution >= 4 is 33.6 Å². The number of hydrogen-bond donors (Lipinski definition) is 2. The summed E-state index contributed by atoms with van der Waals surface area (Å²) in [5.74, 6) is -0.957. The van der Waals surface area contributed by atoms with E-state index < -0.39 is 11.8 Å². The molecule has 1 aliphatic rings. The molecule has 1 aromatic heterocycles. The molecule has 0 aliphatic carbocycles. The van der Waals surface area contributed by atoms with Crippen LogP contribution < -0.4 is 10.6 Å². The topological polar surface area (TPSA) is 87.2 Å². The van der Waals surface area contributed by atoms with Gasteiger partial charge < -0.3 is 15.5 Å². The van der Waals surface area contributed by atoms with E-state index >= 15 is 0 Å². The maximum atomic E-state index is 12.0. The van der Waals surface area contributed by atoms with Gasteiger partial charge in [-0.1, -0.05) is 0 Å². The largest absolute Gasteiger partial charge is 0.333 e. The van der Waals surface area contributed by atoms with E-state index in [2.05, 4.69) is 36.5 Å². The quantitative estimate of drug-likeness (QED) is 0.709. The molecule has 0 radical (unpaired) electrons. The predicted octanol–water partition coefficient (Wildman–Crippen LogP) is -0.000500. The molecular weight excluding hydrogens is 314 g/mol. The smallest absolute Gasteiger partial charge is 0.315 e. The minimum atomic E-state index is -0.682. The van der Waals surface area contributed by atoms with Crippen molar-refractivity contribution < 1.29 is 9.59 Å². The third-order valence-electron chi connectivity index (χ3n) is 2.68. The maximum Gasteiger partial charge on any atom is 0.315 e. The number of halogens is 1. The van der Waals surface area contributed by atoms with Crippen LogP contribution in [0.1, 0.15) is 6.42 Å². The number of amides is 2. The van der Waals surface area contributed by atoms with E-state index in [1.54, 1.807) is 4.90 Å². The molecule has 1 aliphatic heterocycles. The Bertz CT molecular complexity index is 457. The van der Waals surface area contributed by atoms with E-state index in [1.807, 2.05) is 0 Å². The Morgan fingerprint density at radius 3 is 2.84 bits per heavy atom. The van der Waals surface area contributed by atoms with Crippen LogP contribution in [0.25, 0.3) is 0 Å². The second-order valence-electron chi connectivity index (χ2n) is 4.07. The van der Waals surface area contributed by atoms with Crippen LogP contribution in [0.15, 0.2) is 17.0 Å². The number of carbonyl (C=O) groups is 2. The number of rotatable bonds is 1. The van der Waals surface area contributed by atoms with Gasteiger partial charge in [0.25, 0.3) is 0 Å². The Morgan fingerprint density at radius 1 is 1.26 bits per heavy atom. The monoisotopic (exact) mass is 327 g/mol. The van der Waals surface area contributed by atoms with Crippen molar-refractivity contribution in [2.24, 2.45) is 0 Å². The van der Waals surface area contributed by atoms with Crippen LogP contribution in [0, 0.1) is 0 Å². The summed E-state index contributed by atoms with van der Waals surface area (Å²) in [6, 6.07) is 0. The molecular formula is C11H14BrN5O2. The molecule has 1 saturated heterocycles. The fourth-order valence-electron chi connectivity index (χ4n) is 1.74. The van der Waals surface area contributed by atoms with Crippen molar-refractivity contribution in [3.8, 4) is 0 Å². The van der Waals surface area contributed by atoms with Crippen molar-refractivity contribution in [1.29, 1.82) is 0 Å². The van der Waals surface area contributed by atoms with Gasteiger partial charge in [-0.05, 0) is 28.9 Å². The Morgan fingerprint density at radius 2 is 2.11 bits per heavy atom. The number of carbonyl (C=O) groups excluding carboxylic acids is 2. The fraction of sp³-hybridized carbons (Fsp3) is 0.455. The highest BCUT2D eigenvalue weighted by Gasteiger charge is 2.22. The molecule has 102 valence electrons. The van der Waals surface area contributed by atoms with Crippen LogP contribution >= 0.6 is 15.9 Å². The summed E-state index contributed by atoms with van der Waals surface area (Å²) in [7, 11) is 0. The van der Waals surface area contributed by atoms with Gasteiger partial charge in [0.15, 0.2) is 5.82 Å². The molecule has 1 fully saturated rings. The molecule has 0 spiro atoms. The summed E-state index contributed by atoms with van der Waals surface area (Å²) in [6.45, 7) is 2.70. The molecule has 1 aromatic rings. The van der Waals surface area contributed by atoms with Crippen LogP contribution in [0.3, 0.4) is 0 Å². The first kappa shape index (κ1) is 13.9. The van der Waals surface area contributed by atoms with Gasteiger partial charge in [-0.2, -0.15) is 0 Å². The van der Waals surface area contributed by atoms with E-state index in [9.17, 15) is 9.59 Å². The van der Waals surface area contributed by atoms with E-state index in [0.717, 1.165) is 13.0 Å². The van der Waals surface area contributed by atoms with Crippen molar-refractivity contribution in [2.75, 3.05) is 31.5 Å². The maximum absolute atomic E-state index is 12.0. The van der Waals surface area contributed by atoms with Crippen LogP contribution in [-0.2, 0) is 9.59 Å². The molecule has 0 aromatic carbocycles. The zero-order chi connectivity index (χ0) is 13.7. The van der Waals surface area contributed by atoms with Crippen LogP contribution in [0.5, 0.6) is 0 Å². The molecule has 0 saturated carbocycles. The van der Waals surface area contributed by atoms with Crippen molar-refractivity contribution in [3.05, 3.63) is 17.0 Å². The first-order chi connectivity index (χ1) is 9.16. The predicted molar refractivity (Wildman–Crippen MR) is 72.4 cm³/mol. The second kappa shape index (κ2) is 6.58. The lowest BCUT2D eigenvalue weighted by Gasteiger charge is -2.18. The summed E-state index contributed by atoms with van der Waals surface area (Å²) in [4.78, 5) is 33.2. The summed E-state index contributed by atoms with van der Waals surface area (Å²) in [5.41, 5.74) is 0. The fourth-order valence-corrected chi connectivity index (χ4v) is 1.94. The van der Waals surface area contributed by atoms with Crippen molar-refractivity contribution in [3.63, 3.8) is 0 Å². The minimum absolute atomic E-state index is 0.259. The number of hydrogen-bond acceptors (Lipinski definition) is 5. The Labute approximate surface area is 118 Å². The lowest BCUT2D eigenvalue weighted by Crippen LogP contribution is -2.41. The zero-order valence-electron chi connectivity index (χ0n) is 10.2. The number of nitrogens with one attached hydrogen (secondary N) is 2. The van der Waals surface area contributed by atoms with Gasteiger partial charge in [0, 0.05) is 19.6 Å². The van der Waals surface area contributed by atoms with Crippen LogP contribution in [0.4, 0.5) is 5.82 Å². The third-order valence-corrected chi connectivity index (χ3v) is 3.09. The molecule has 19 heavy (non-hydrogen) atoms. The summed E-state index contributed by atoms with van der Waals surface area (Å²) >= 11 is 3.14. The number of nitrogens with zero attached hydrogens (tertiary/aromatic N) is 3. The lowest BCUT2D eigenvalue weighted by molar-refractivity contribution is -0.143. The SMILES string of the molecule is O=C(Nc1cnc(Br)cn1)C(=O)N1CCCNCC1. The Kier molecular flexibility index (Phi) is 4.80. The van der Waals surface area contributed by atoms with Gasteiger partial charge in [-0.15, -0.1) is 0 Å². The average Bonchev–Trinajstić information content (AvgIpc) is 2.69. The molecule has 2 rings (SSSR count). The number of aromatic nitrogens is 2. The summed E-state index contributed by atoms with van der Waals surface area (Å²) in [5, 5.41) is 5.62. The molecule has 0 atom stereocenters. The van der Waals surface area contributed by atoms with E-state index in [0.29, 0.717) is 24.2 Å². The Hall–Kier alpha value is -1.54. The van der Waals surface area contributed by atoms with Gasteiger partial charge in [0.1, 0.15) is 4.60 Å². The third kappa shape index (κ3) is 3.97. The highest BCUT2D eigenvalue weighted by Crippen LogP contribution is 2.06. The van der Waals surface area contributed by atoms with Gasteiger partial charge >= 0.3 is 11.8 Å². The van der Waals surface area contributed by atoms with E-state index in [1.165, 1.54) is 12.4 Å². The van der Waals surface area contributed by atoms with E-state index in [4.69, 9.17) is 0 Å². The molecule has 0 bridgehead atoms. The first-order valence-electron chi connectivity index (χ1n) is 5.95. The Balaban J connectivity index is 1.94. The summed E-state index contributed by atoms with van der Waals surface area (Å²) in [6.07, 6.45) is 3.69. The molecule has 2 amide bonds. The van der Waals surface area contributed by atoms with Gasteiger partial charge in [-0.25, -0.2) is 9.97 Å². The molecule has 7 nitrogen and oxygen atoms in total. The average molecular weight is 328 g/mol. The molecule has 2 heterocycles. The number of anilines is 1. The van der Waals surface area contributed by atoms with Crippen molar-refractivity contribution in [2.45, 2.75) is 6.42 Å². The minimum Gasteiger partial charge on any atom is -0.333 e. The van der Waals surface area contributed by atoms with Crippen molar-refractivity contribution in [1.82, 2.24) is 20.2 Å². The normalized spacial score (nSPS) is 15.7. The van der Waals surface area contributed by atoms with E-state index in [-0.39, 0.29) is 5.82 Å². The van der Waals surface area contributed by atoms with Gasteiger partial charge in [-0.3, -0.25) is 9.59 Å². The summed E-state index contributed by atoms with van der Waals surface area (Å²) < 4.78 is 0.565. The van der Waals surface area contributed by atoms with Gasteiger partial charge in [0.2, 0.25) is 0 Å². The molecule has 2 N–H and O–H groups in total.